The molecular formula is C17H28ClN3O5S. The van der Waals surface area contributed by atoms with Crippen LogP contribution in [-0.4, -0.2) is 58.6 Å². The first-order valence-electron chi connectivity index (χ1n) is 8.78. The molecular weight excluding hydrogens is 394 g/mol. The molecule has 1 fully saturated rings. The van der Waals surface area contributed by atoms with Crippen LogP contribution in [0, 0.1) is 5.92 Å². The Morgan fingerprint density at radius 2 is 1.93 bits per heavy atom. The summed E-state index contributed by atoms with van der Waals surface area (Å²) in [6.07, 6.45) is 0.853. The van der Waals surface area contributed by atoms with Crippen molar-refractivity contribution >= 4 is 28.3 Å². The fraction of sp³-hybridized carbons (Fsp3) is 0.588. The summed E-state index contributed by atoms with van der Waals surface area (Å²) in [4.78, 5) is 13.9. The lowest BCUT2D eigenvalue weighted by Crippen LogP contribution is -2.39. The highest BCUT2D eigenvalue weighted by Gasteiger charge is 2.26. The molecule has 0 saturated carbocycles. The van der Waals surface area contributed by atoms with E-state index in [1.54, 1.807) is 17.9 Å². The standard InChI is InChI=1S/C17H27N3O5S.ClH/c1-3-24-15-6-5-14(9-16(15)25-4-2)26(22,23)19-11-17(21)20-8-7-13(10-18)12-20;/h5-6,9,13,19H,3-4,7-8,10-12,18H2,1-2H3;1H. The van der Waals surface area contributed by atoms with Gasteiger partial charge in [0, 0.05) is 19.2 Å². The van der Waals surface area contributed by atoms with E-state index < -0.39 is 10.0 Å². The quantitative estimate of drug-likeness (QED) is 0.615. The van der Waals surface area contributed by atoms with Gasteiger partial charge in [-0.2, -0.15) is 0 Å². The molecule has 1 atom stereocenters. The van der Waals surface area contributed by atoms with Crippen molar-refractivity contribution in [3.05, 3.63) is 18.2 Å². The number of nitrogens with one attached hydrogen (secondary N) is 1. The minimum absolute atomic E-state index is 0. The summed E-state index contributed by atoms with van der Waals surface area (Å²) in [5.74, 6) is 0.874. The van der Waals surface area contributed by atoms with E-state index in [1.165, 1.54) is 12.1 Å². The van der Waals surface area contributed by atoms with Crippen molar-refractivity contribution in [3.63, 3.8) is 0 Å². The van der Waals surface area contributed by atoms with Crippen LogP contribution >= 0.6 is 12.4 Å². The molecule has 1 saturated heterocycles. The molecule has 1 aromatic rings. The molecule has 0 aliphatic carbocycles. The van der Waals surface area contributed by atoms with E-state index >= 15 is 0 Å². The van der Waals surface area contributed by atoms with Gasteiger partial charge >= 0.3 is 0 Å². The number of hydrogen-bond donors (Lipinski definition) is 2. The highest BCUT2D eigenvalue weighted by atomic mass is 35.5. The lowest BCUT2D eigenvalue weighted by atomic mass is 10.1. The van der Waals surface area contributed by atoms with Gasteiger partial charge in [-0.25, -0.2) is 13.1 Å². The van der Waals surface area contributed by atoms with Gasteiger partial charge in [0.2, 0.25) is 15.9 Å². The molecule has 27 heavy (non-hydrogen) atoms. The molecule has 1 unspecified atom stereocenters. The zero-order valence-corrected chi connectivity index (χ0v) is 17.3. The number of nitrogens with zero attached hydrogens (tertiary/aromatic N) is 1. The largest absolute Gasteiger partial charge is 0.490 e. The number of ether oxygens (including phenoxy) is 2. The van der Waals surface area contributed by atoms with Gasteiger partial charge in [0.15, 0.2) is 11.5 Å². The van der Waals surface area contributed by atoms with E-state index in [2.05, 4.69) is 4.72 Å². The van der Waals surface area contributed by atoms with Gasteiger partial charge in [-0.05, 0) is 44.9 Å². The number of amides is 1. The Labute approximate surface area is 166 Å². The molecule has 0 radical (unpaired) electrons. The predicted molar refractivity (Wildman–Crippen MR) is 105 cm³/mol. The second kappa shape index (κ2) is 10.7. The molecule has 1 aromatic carbocycles. The lowest BCUT2D eigenvalue weighted by molar-refractivity contribution is -0.129. The molecule has 1 aliphatic heterocycles. The van der Waals surface area contributed by atoms with Crippen molar-refractivity contribution in [1.82, 2.24) is 9.62 Å². The van der Waals surface area contributed by atoms with Crippen LogP contribution in [0.1, 0.15) is 20.3 Å². The molecule has 1 amide bonds. The Morgan fingerprint density at radius 3 is 2.52 bits per heavy atom. The van der Waals surface area contributed by atoms with E-state index in [1.807, 2.05) is 6.92 Å². The van der Waals surface area contributed by atoms with Gasteiger partial charge in [-0.1, -0.05) is 0 Å². The second-order valence-electron chi connectivity index (χ2n) is 6.03. The average molecular weight is 422 g/mol. The number of sulfonamides is 1. The predicted octanol–water partition coefficient (Wildman–Crippen LogP) is 0.991. The van der Waals surface area contributed by atoms with Crippen LogP contribution in [0.25, 0.3) is 0 Å². The van der Waals surface area contributed by atoms with Crippen LogP contribution in [-0.2, 0) is 14.8 Å². The topological polar surface area (TPSA) is 111 Å². The van der Waals surface area contributed by atoms with Gasteiger partial charge in [0.25, 0.3) is 0 Å². The third kappa shape index (κ3) is 6.24. The Balaban J connectivity index is 0.00000364. The van der Waals surface area contributed by atoms with Crippen molar-refractivity contribution in [2.24, 2.45) is 11.7 Å². The van der Waals surface area contributed by atoms with Crippen molar-refractivity contribution in [1.29, 1.82) is 0 Å². The molecule has 2 rings (SSSR count). The fourth-order valence-corrected chi connectivity index (χ4v) is 3.79. The van der Waals surface area contributed by atoms with Crippen molar-refractivity contribution < 1.29 is 22.7 Å². The van der Waals surface area contributed by atoms with E-state index in [9.17, 15) is 13.2 Å². The molecule has 10 heteroatoms. The molecule has 1 aliphatic rings. The maximum atomic E-state index is 12.5. The lowest BCUT2D eigenvalue weighted by Gasteiger charge is -2.17. The Hall–Kier alpha value is -1.55. The Bertz CT molecular complexity index is 729. The maximum Gasteiger partial charge on any atom is 0.241 e. The maximum absolute atomic E-state index is 12.5. The van der Waals surface area contributed by atoms with Crippen LogP contribution in [0.4, 0.5) is 0 Å². The van der Waals surface area contributed by atoms with Crippen molar-refractivity contribution in [3.8, 4) is 11.5 Å². The number of halogens is 1. The van der Waals surface area contributed by atoms with Gasteiger partial charge in [0.1, 0.15) is 0 Å². The normalized spacial score (nSPS) is 16.7. The highest BCUT2D eigenvalue weighted by molar-refractivity contribution is 7.89. The SMILES string of the molecule is CCOc1ccc(S(=O)(=O)NCC(=O)N2CCC(CN)C2)cc1OCC.Cl. The molecule has 0 spiro atoms. The van der Waals surface area contributed by atoms with E-state index in [4.69, 9.17) is 15.2 Å². The summed E-state index contributed by atoms with van der Waals surface area (Å²) in [5.41, 5.74) is 5.62. The fourth-order valence-electron chi connectivity index (χ4n) is 2.80. The van der Waals surface area contributed by atoms with Gasteiger partial charge in [-0.15, -0.1) is 12.4 Å². The van der Waals surface area contributed by atoms with Gasteiger partial charge in [-0.3, -0.25) is 4.79 Å². The molecule has 154 valence electrons. The molecule has 1 heterocycles. The first-order chi connectivity index (χ1) is 12.4. The number of carbonyl (C=O) groups is 1. The van der Waals surface area contributed by atoms with E-state index in [-0.39, 0.29) is 35.7 Å². The zero-order valence-electron chi connectivity index (χ0n) is 15.6. The number of hydrogen-bond acceptors (Lipinski definition) is 6. The van der Waals surface area contributed by atoms with E-state index in [0.29, 0.717) is 44.3 Å². The van der Waals surface area contributed by atoms with Crippen LogP contribution in [0.3, 0.4) is 0 Å². The number of carbonyl (C=O) groups excluding carboxylic acids is 1. The summed E-state index contributed by atoms with van der Waals surface area (Å²) >= 11 is 0. The Kier molecular flexibility index (Phi) is 9.31. The molecule has 8 nitrogen and oxygen atoms in total. The number of benzene rings is 1. The second-order valence-corrected chi connectivity index (χ2v) is 7.80. The number of rotatable bonds is 9. The zero-order chi connectivity index (χ0) is 19.2. The van der Waals surface area contributed by atoms with Crippen LogP contribution in [0.5, 0.6) is 11.5 Å². The van der Waals surface area contributed by atoms with Gasteiger partial charge in [0.05, 0.1) is 24.7 Å². The summed E-state index contributed by atoms with van der Waals surface area (Å²) < 4.78 is 38.2. The first-order valence-corrected chi connectivity index (χ1v) is 10.3. The number of likely N-dealkylation sites (tertiary alicyclic amines) is 1. The first kappa shape index (κ1) is 23.5. The summed E-state index contributed by atoms with van der Waals surface area (Å²) in [6, 6.07) is 4.39. The number of nitrogens with two attached hydrogens (primary N) is 1. The van der Waals surface area contributed by atoms with Crippen LogP contribution < -0.4 is 19.9 Å². The summed E-state index contributed by atoms with van der Waals surface area (Å²) in [7, 11) is -3.83. The third-order valence-electron chi connectivity index (χ3n) is 4.21. The monoisotopic (exact) mass is 421 g/mol. The summed E-state index contributed by atoms with van der Waals surface area (Å²) in [6.45, 7) is 5.90. The minimum Gasteiger partial charge on any atom is -0.490 e. The molecule has 3 N–H and O–H groups in total. The van der Waals surface area contributed by atoms with Crippen molar-refractivity contribution in [2.45, 2.75) is 25.2 Å². The van der Waals surface area contributed by atoms with E-state index in [0.717, 1.165) is 6.42 Å². The van der Waals surface area contributed by atoms with Crippen molar-refractivity contribution in [2.75, 3.05) is 39.4 Å². The summed E-state index contributed by atoms with van der Waals surface area (Å²) in [5, 5.41) is 0. The third-order valence-corrected chi connectivity index (χ3v) is 5.61. The average Bonchev–Trinajstić information content (AvgIpc) is 3.11. The van der Waals surface area contributed by atoms with Gasteiger partial charge < -0.3 is 20.1 Å². The molecule has 0 aromatic heterocycles. The highest BCUT2D eigenvalue weighted by Crippen LogP contribution is 2.30. The Morgan fingerprint density at radius 1 is 1.26 bits per heavy atom. The van der Waals surface area contributed by atoms with Crippen LogP contribution in [0.15, 0.2) is 23.1 Å². The smallest absolute Gasteiger partial charge is 0.241 e. The minimum atomic E-state index is -3.83. The molecule has 0 bridgehead atoms. The van der Waals surface area contributed by atoms with Crippen LogP contribution in [0.2, 0.25) is 0 Å².